The van der Waals surface area contributed by atoms with E-state index in [1.807, 2.05) is 72.8 Å². The minimum Gasteiger partial charge on any atom is -0.466 e. The molecule has 12 rings (SSSR count). The summed E-state index contributed by atoms with van der Waals surface area (Å²) in [5.41, 5.74) is 10.6. The van der Waals surface area contributed by atoms with Crippen LogP contribution in [-0.2, 0) is 67.1 Å². The molecule has 0 atom stereocenters. The molecule has 93 heavy (non-hydrogen) atoms. The van der Waals surface area contributed by atoms with Crippen molar-refractivity contribution in [3.8, 4) is 34.6 Å². The maximum absolute atomic E-state index is 11.7. The molecule has 3 N–H and O–H groups in total. The topological polar surface area (TPSA) is 241 Å². The molecule has 3 aromatic carbocycles. The fraction of sp³-hybridized carbons (Fsp3) is 0.333. The van der Waals surface area contributed by atoms with E-state index in [0.29, 0.717) is 74.4 Å². The van der Waals surface area contributed by atoms with Crippen molar-refractivity contribution in [1.29, 1.82) is 0 Å². The number of nitrogens with zero attached hydrogens (tertiary/aromatic N) is 12. The average Bonchev–Trinajstić information content (AvgIpc) is 1.95. The number of anilines is 6. The molecule has 0 aliphatic carbocycles. The molecule has 0 amide bonds. The van der Waals surface area contributed by atoms with Crippen molar-refractivity contribution in [2.75, 3.05) is 109 Å². The summed E-state index contributed by atoms with van der Waals surface area (Å²) in [7, 11) is 0. The number of benzene rings is 3. The second-order valence-corrected chi connectivity index (χ2v) is 22.2. The number of hydrogen-bond acceptors (Lipinski definition) is 21. The number of rotatable bonds is 21. The quantitative estimate of drug-likeness (QED) is 0.0447. The number of carbonyl (C=O) groups excluding carboxylic acids is 3. The highest BCUT2D eigenvalue weighted by Gasteiger charge is 2.22. The predicted octanol–water partition coefficient (Wildman–Crippen LogP) is 10.5. The molecule has 0 bridgehead atoms. The van der Waals surface area contributed by atoms with Crippen molar-refractivity contribution < 1.29 is 28.6 Å². The Morgan fingerprint density at radius 1 is 0.355 bits per heavy atom. The van der Waals surface area contributed by atoms with Gasteiger partial charge in [-0.1, -0.05) is 91.0 Å². The lowest BCUT2D eigenvalue weighted by atomic mass is 10.0. The zero-order valence-corrected chi connectivity index (χ0v) is 53.3. The molecule has 3 aliphatic rings. The van der Waals surface area contributed by atoms with E-state index in [1.54, 1.807) is 39.4 Å². The summed E-state index contributed by atoms with van der Waals surface area (Å²) >= 11 is 0. The van der Waals surface area contributed by atoms with Gasteiger partial charge in [-0.3, -0.25) is 29.3 Å². The predicted molar refractivity (Wildman–Crippen MR) is 363 cm³/mol. The molecule has 21 heteroatoms. The van der Waals surface area contributed by atoms with Gasteiger partial charge >= 0.3 is 17.9 Å². The van der Waals surface area contributed by atoms with Crippen LogP contribution in [0.1, 0.15) is 73.4 Å². The molecule has 21 nitrogen and oxygen atoms in total. The van der Waals surface area contributed by atoms with Crippen LogP contribution in [0.4, 0.5) is 34.9 Å². The fourth-order valence-electron chi connectivity index (χ4n) is 11.2. The van der Waals surface area contributed by atoms with E-state index >= 15 is 0 Å². The molecule has 9 aromatic rings. The number of carbonyl (C=O) groups is 3. The first kappa shape index (κ1) is 65.5. The van der Waals surface area contributed by atoms with E-state index in [0.717, 1.165) is 112 Å². The van der Waals surface area contributed by atoms with E-state index in [-0.39, 0.29) is 37.2 Å². The van der Waals surface area contributed by atoms with Crippen molar-refractivity contribution in [3.63, 3.8) is 0 Å². The van der Waals surface area contributed by atoms with Crippen molar-refractivity contribution in [2.24, 2.45) is 0 Å². The second kappa shape index (κ2) is 34.1. The molecule has 9 heterocycles. The number of esters is 3. The second-order valence-electron chi connectivity index (χ2n) is 22.2. The van der Waals surface area contributed by atoms with Crippen LogP contribution in [0.3, 0.4) is 0 Å². The molecule has 0 saturated heterocycles. The van der Waals surface area contributed by atoms with Crippen molar-refractivity contribution in [1.82, 2.24) is 44.9 Å². The minimum atomic E-state index is -0.223. The lowest BCUT2D eigenvalue weighted by Gasteiger charge is -2.22. The number of nitrogens with one attached hydrogen (secondary N) is 3. The lowest BCUT2D eigenvalue weighted by molar-refractivity contribution is -0.143. The van der Waals surface area contributed by atoms with Gasteiger partial charge in [-0.25, -0.2) is 29.9 Å². The standard InChI is InChI=1S/3C24H27N5O2/c3*1-2-31-23(30)10-14-26-21-17-22(28-24(27-21)20-9-5-6-13-25-20)29-15-11-18-7-3-4-8-19(18)12-16-29/h3*3-9,13,17H,2,10-12,14-16H2,1H3,(H,26,27,28). The van der Waals surface area contributed by atoms with Crippen molar-refractivity contribution >= 4 is 52.8 Å². The van der Waals surface area contributed by atoms with Crippen LogP contribution in [0.25, 0.3) is 34.6 Å². The SMILES string of the molecule is CCOC(=O)CCNc1cc(N2CCc3ccccc3CC2)nc(-c2ccccn2)n1.CCOC(=O)CCNc1cc(N2CCc3ccccc3CC2)nc(-c2ccccn2)n1.CCOC(=O)CCNc1cc(N2CCc3ccccc3CC2)nc(-c2ccccn2)n1. The summed E-state index contributed by atoms with van der Waals surface area (Å²) in [6, 6.07) is 48.8. The van der Waals surface area contributed by atoms with Gasteiger partial charge in [-0.2, -0.15) is 0 Å². The number of pyridine rings is 3. The highest BCUT2D eigenvalue weighted by atomic mass is 16.5. The Morgan fingerprint density at radius 3 is 0.828 bits per heavy atom. The van der Waals surface area contributed by atoms with Crippen LogP contribution in [0, 0.1) is 0 Å². The first-order chi connectivity index (χ1) is 45.7. The van der Waals surface area contributed by atoms with Gasteiger partial charge in [0.25, 0.3) is 0 Å². The Kier molecular flexibility index (Phi) is 24.0. The van der Waals surface area contributed by atoms with E-state index in [1.165, 1.54) is 33.4 Å². The minimum absolute atomic E-state index is 0.223. The summed E-state index contributed by atoms with van der Waals surface area (Å²) in [6.07, 6.45) is 11.9. The Morgan fingerprint density at radius 2 is 0.602 bits per heavy atom. The van der Waals surface area contributed by atoms with Crippen LogP contribution in [0.15, 0.2) is 164 Å². The number of hydrogen-bond donors (Lipinski definition) is 3. The molecule has 0 saturated carbocycles. The van der Waals surface area contributed by atoms with E-state index in [9.17, 15) is 14.4 Å². The van der Waals surface area contributed by atoms with Crippen LogP contribution in [0.5, 0.6) is 0 Å². The highest BCUT2D eigenvalue weighted by Crippen LogP contribution is 2.29. The largest absolute Gasteiger partial charge is 0.466 e. The first-order valence-corrected chi connectivity index (χ1v) is 32.2. The van der Waals surface area contributed by atoms with Gasteiger partial charge in [0.15, 0.2) is 17.5 Å². The molecule has 480 valence electrons. The molecule has 3 aliphatic heterocycles. The summed E-state index contributed by atoms with van der Waals surface area (Å²) < 4.78 is 15.0. The van der Waals surface area contributed by atoms with Gasteiger partial charge in [0.1, 0.15) is 52.0 Å². The smallest absolute Gasteiger partial charge is 0.307 e. The van der Waals surface area contributed by atoms with E-state index in [2.05, 4.69) is 133 Å². The Labute approximate surface area is 543 Å². The Balaban J connectivity index is 0.000000153. The van der Waals surface area contributed by atoms with E-state index < -0.39 is 0 Å². The summed E-state index contributed by atoms with van der Waals surface area (Å²) in [5, 5.41) is 9.75. The molecule has 6 aromatic heterocycles. The third-order valence-electron chi connectivity index (χ3n) is 15.9. The van der Waals surface area contributed by atoms with Crippen LogP contribution in [0.2, 0.25) is 0 Å². The third kappa shape index (κ3) is 19.3. The molecular formula is C72H81N15O6. The first-order valence-electron chi connectivity index (χ1n) is 32.2. The molecule has 0 fully saturated rings. The number of fused-ring (bicyclic) bond motifs is 3. The van der Waals surface area contributed by atoms with Crippen LogP contribution < -0.4 is 30.7 Å². The zero-order chi connectivity index (χ0) is 64.4. The van der Waals surface area contributed by atoms with Gasteiger partial charge in [-0.15, -0.1) is 0 Å². The van der Waals surface area contributed by atoms with Gasteiger partial charge in [0.05, 0.1) is 39.1 Å². The van der Waals surface area contributed by atoms with Gasteiger partial charge in [0.2, 0.25) is 0 Å². The monoisotopic (exact) mass is 1250 g/mol. The van der Waals surface area contributed by atoms with Gasteiger partial charge in [-0.05, 0) is 129 Å². The summed E-state index contributed by atoms with van der Waals surface area (Å²) in [4.78, 5) is 83.5. The van der Waals surface area contributed by atoms with Crippen molar-refractivity contribution in [2.45, 2.75) is 78.6 Å². The third-order valence-corrected chi connectivity index (χ3v) is 15.9. The maximum atomic E-state index is 11.7. The summed E-state index contributed by atoms with van der Waals surface area (Å²) in [6.45, 7) is 13.2. The number of ether oxygens (including phenoxy) is 3. The lowest BCUT2D eigenvalue weighted by Crippen LogP contribution is -2.27. The van der Waals surface area contributed by atoms with E-state index in [4.69, 9.17) is 29.2 Å². The molecule has 0 spiro atoms. The Bertz CT molecular complexity index is 3390. The zero-order valence-electron chi connectivity index (χ0n) is 53.3. The van der Waals surface area contributed by atoms with Crippen LogP contribution >= 0.6 is 0 Å². The normalized spacial score (nSPS) is 13.3. The summed E-state index contributed by atoms with van der Waals surface area (Å²) in [5.74, 6) is 5.66. The van der Waals surface area contributed by atoms with Gasteiger partial charge in [0, 0.05) is 95.7 Å². The average molecular weight is 1250 g/mol. The number of aromatic nitrogens is 9. The molecule has 0 radical (unpaired) electrons. The molecular weight excluding hydrogens is 1170 g/mol. The molecule has 0 unspecified atom stereocenters. The Hall–Kier alpha value is -10.4. The van der Waals surface area contributed by atoms with Crippen molar-refractivity contribution in [3.05, 3.63) is 198 Å². The van der Waals surface area contributed by atoms with Gasteiger partial charge < -0.3 is 44.9 Å². The maximum Gasteiger partial charge on any atom is 0.307 e. The highest BCUT2D eigenvalue weighted by molar-refractivity contribution is 5.71. The fourth-order valence-corrected chi connectivity index (χ4v) is 11.2. The van der Waals surface area contributed by atoms with Crippen LogP contribution in [-0.4, -0.2) is 141 Å².